The van der Waals surface area contributed by atoms with E-state index in [4.69, 9.17) is 10.5 Å². The monoisotopic (exact) mass is 307 g/mol. The van der Waals surface area contributed by atoms with Gasteiger partial charge in [-0.05, 0) is 26.7 Å². The van der Waals surface area contributed by atoms with Crippen LogP contribution in [-0.4, -0.2) is 44.1 Å². The SMILES string of the molecule is CC(C)OC(=O)NS(=O)(=O)N(CCN)C1CCCCC1. The Bertz CT molecular complexity index is 405. The summed E-state index contributed by atoms with van der Waals surface area (Å²) in [6.07, 6.45) is 3.41. The number of carbonyl (C=O) groups excluding carboxylic acids is 1. The number of nitrogens with one attached hydrogen (secondary N) is 1. The summed E-state index contributed by atoms with van der Waals surface area (Å²) >= 11 is 0. The lowest BCUT2D eigenvalue weighted by molar-refractivity contribution is 0.120. The van der Waals surface area contributed by atoms with Gasteiger partial charge in [0.25, 0.3) is 0 Å². The van der Waals surface area contributed by atoms with E-state index >= 15 is 0 Å². The van der Waals surface area contributed by atoms with Crippen LogP contribution in [0.2, 0.25) is 0 Å². The molecule has 3 N–H and O–H groups in total. The lowest BCUT2D eigenvalue weighted by Gasteiger charge is -2.32. The normalized spacial score (nSPS) is 17.4. The largest absolute Gasteiger partial charge is 0.446 e. The molecule has 20 heavy (non-hydrogen) atoms. The predicted octanol–water partition coefficient (Wildman–Crippen LogP) is 0.959. The van der Waals surface area contributed by atoms with Crippen LogP contribution in [0, 0.1) is 0 Å². The molecule has 7 nitrogen and oxygen atoms in total. The van der Waals surface area contributed by atoms with Gasteiger partial charge in [-0.2, -0.15) is 12.7 Å². The Hall–Kier alpha value is -0.860. The smallest absolute Gasteiger partial charge is 0.422 e. The van der Waals surface area contributed by atoms with Gasteiger partial charge < -0.3 is 10.5 Å². The van der Waals surface area contributed by atoms with Crippen LogP contribution in [0.4, 0.5) is 4.79 Å². The van der Waals surface area contributed by atoms with Crippen LogP contribution in [0.25, 0.3) is 0 Å². The first-order valence-electron chi connectivity index (χ1n) is 7.07. The molecule has 0 radical (unpaired) electrons. The van der Waals surface area contributed by atoms with E-state index in [0.717, 1.165) is 32.1 Å². The third-order valence-corrected chi connectivity index (χ3v) is 4.72. The highest BCUT2D eigenvalue weighted by atomic mass is 32.2. The van der Waals surface area contributed by atoms with E-state index in [1.54, 1.807) is 13.8 Å². The van der Waals surface area contributed by atoms with Gasteiger partial charge in [0.1, 0.15) is 0 Å². The molecule has 0 saturated heterocycles. The van der Waals surface area contributed by atoms with E-state index < -0.39 is 16.3 Å². The molecule has 1 fully saturated rings. The molecular weight excluding hydrogens is 282 g/mol. The first kappa shape index (κ1) is 17.2. The highest BCUT2D eigenvalue weighted by molar-refractivity contribution is 7.87. The molecule has 0 spiro atoms. The molecule has 0 aromatic heterocycles. The average Bonchev–Trinajstić information content (AvgIpc) is 2.35. The maximum atomic E-state index is 12.3. The second kappa shape index (κ2) is 7.80. The summed E-state index contributed by atoms with van der Waals surface area (Å²) in [4.78, 5) is 11.5. The number of nitrogens with two attached hydrogens (primary N) is 1. The topological polar surface area (TPSA) is 102 Å². The Morgan fingerprint density at radius 3 is 2.45 bits per heavy atom. The van der Waals surface area contributed by atoms with Crippen molar-refractivity contribution in [2.24, 2.45) is 5.73 Å². The summed E-state index contributed by atoms with van der Waals surface area (Å²) in [5, 5.41) is 0. The molecule has 0 aromatic carbocycles. The van der Waals surface area contributed by atoms with Crippen LogP contribution in [0.1, 0.15) is 46.0 Å². The molecule has 0 heterocycles. The maximum Gasteiger partial charge on any atom is 0.422 e. The van der Waals surface area contributed by atoms with Gasteiger partial charge in [0.2, 0.25) is 0 Å². The van der Waals surface area contributed by atoms with Gasteiger partial charge in [-0.3, -0.25) is 0 Å². The fraction of sp³-hybridized carbons (Fsp3) is 0.917. The zero-order chi connectivity index (χ0) is 15.2. The molecule has 1 rings (SSSR count). The molecule has 1 aliphatic rings. The van der Waals surface area contributed by atoms with Crippen LogP contribution < -0.4 is 10.5 Å². The maximum absolute atomic E-state index is 12.3. The molecular formula is C12H25N3O4S. The molecule has 118 valence electrons. The van der Waals surface area contributed by atoms with Crippen LogP contribution in [0.15, 0.2) is 0 Å². The summed E-state index contributed by atoms with van der Waals surface area (Å²) < 4.78 is 32.6. The van der Waals surface area contributed by atoms with Crippen molar-refractivity contribution in [2.75, 3.05) is 13.1 Å². The summed E-state index contributed by atoms with van der Waals surface area (Å²) in [6.45, 7) is 3.74. The molecule has 0 atom stereocenters. The van der Waals surface area contributed by atoms with Crippen LogP contribution >= 0.6 is 0 Å². The Morgan fingerprint density at radius 2 is 1.95 bits per heavy atom. The van der Waals surface area contributed by atoms with Crippen molar-refractivity contribution in [1.82, 2.24) is 9.03 Å². The van der Waals surface area contributed by atoms with Gasteiger partial charge in [-0.1, -0.05) is 19.3 Å². The van der Waals surface area contributed by atoms with Crippen LogP contribution in [0.5, 0.6) is 0 Å². The third-order valence-electron chi connectivity index (χ3n) is 3.20. The fourth-order valence-electron chi connectivity index (χ4n) is 2.40. The molecule has 0 aromatic rings. The number of amides is 1. The lowest BCUT2D eigenvalue weighted by atomic mass is 9.95. The molecule has 0 aliphatic heterocycles. The minimum atomic E-state index is -3.90. The van der Waals surface area contributed by atoms with Gasteiger partial charge in [-0.15, -0.1) is 0 Å². The van der Waals surface area contributed by atoms with Gasteiger partial charge in [0, 0.05) is 19.1 Å². The third kappa shape index (κ3) is 5.26. The molecule has 0 unspecified atom stereocenters. The second-order valence-corrected chi connectivity index (χ2v) is 6.88. The van der Waals surface area contributed by atoms with Crippen molar-refractivity contribution in [2.45, 2.75) is 58.1 Å². The average molecular weight is 307 g/mol. The Morgan fingerprint density at radius 1 is 1.35 bits per heavy atom. The second-order valence-electron chi connectivity index (χ2n) is 5.25. The van der Waals surface area contributed by atoms with Gasteiger partial charge in [-0.25, -0.2) is 9.52 Å². The minimum Gasteiger partial charge on any atom is -0.446 e. The number of rotatable bonds is 6. The van der Waals surface area contributed by atoms with Gasteiger partial charge >= 0.3 is 16.3 Å². The minimum absolute atomic E-state index is 0.0864. The van der Waals surface area contributed by atoms with Crippen molar-refractivity contribution in [3.8, 4) is 0 Å². The van der Waals surface area contributed by atoms with E-state index in [0.29, 0.717) is 0 Å². The molecule has 1 aliphatic carbocycles. The highest BCUT2D eigenvalue weighted by Gasteiger charge is 2.32. The van der Waals surface area contributed by atoms with Crippen molar-refractivity contribution >= 4 is 16.3 Å². The zero-order valence-electron chi connectivity index (χ0n) is 12.2. The van der Waals surface area contributed by atoms with Gasteiger partial charge in [0.05, 0.1) is 6.10 Å². The van der Waals surface area contributed by atoms with Crippen molar-refractivity contribution in [3.63, 3.8) is 0 Å². The number of hydrogen-bond donors (Lipinski definition) is 2. The van der Waals surface area contributed by atoms with E-state index in [2.05, 4.69) is 0 Å². The summed E-state index contributed by atoms with van der Waals surface area (Å²) in [7, 11) is -3.90. The number of hydrogen-bond acceptors (Lipinski definition) is 5. The van der Waals surface area contributed by atoms with Crippen molar-refractivity contribution < 1.29 is 17.9 Å². The zero-order valence-corrected chi connectivity index (χ0v) is 13.0. The molecule has 1 saturated carbocycles. The van der Waals surface area contributed by atoms with E-state index in [9.17, 15) is 13.2 Å². The Kier molecular flexibility index (Phi) is 6.70. The fourth-order valence-corrected chi connectivity index (χ4v) is 3.72. The van der Waals surface area contributed by atoms with Gasteiger partial charge in [0.15, 0.2) is 0 Å². The highest BCUT2D eigenvalue weighted by Crippen LogP contribution is 2.24. The van der Waals surface area contributed by atoms with Crippen molar-refractivity contribution in [3.05, 3.63) is 0 Å². The number of ether oxygens (including phenoxy) is 1. The van der Waals surface area contributed by atoms with E-state index in [1.807, 2.05) is 4.72 Å². The van der Waals surface area contributed by atoms with E-state index in [1.165, 1.54) is 4.31 Å². The summed E-state index contributed by atoms with van der Waals surface area (Å²) in [5.41, 5.74) is 5.49. The van der Waals surface area contributed by atoms with Crippen LogP contribution in [0.3, 0.4) is 0 Å². The quantitative estimate of drug-likeness (QED) is 0.761. The van der Waals surface area contributed by atoms with E-state index in [-0.39, 0.29) is 25.2 Å². The van der Waals surface area contributed by atoms with Crippen LogP contribution in [-0.2, 0) is 14.9 Å². The first-order valence-corrected chi connectivity index (χ1v) is 8.51. The Balaban J connectivity index is 2.74. The molecule has 1 amide bonds. The number of carbonyl (C=O) groups is 1. The molecule has 8 heteroatoms. The lowest BCUT2D eigenvalue weighted by Crippen LogP contribution is -2.51. The summed E-state index contributed by atoms with van der Waals surface area (Å²) in [6, 6.07) is -0.0864. The van der Waals surface area contributed by atoms with Crippen molar-refractivity contribution in [1.29, 1.82) is 0 Å². The first-order chi connectivity index (χ1) is 9.36. The summed E-state index contributed by atoms with van der Waals surface area (Å²) in [5.74, 6) is 0. The Labute approximate surface area is 121 Å². The number of nitrogens with zero attached hydrogens (tertiary/aromatic N) is 1. The standard InChI is InChI=1S/C12H25N3O4S/c1-10(2)19-12(16)14-20(17,18)15(9-8-13)11-6-4-3-5-7-11/h10-11H,3-9,13H2,1-2H3,(H,14,16). The molecule has 0 bridgehead atoms. The predicted molar refractivity (Wildman–Crippen MR) is 76.3 cm³/mol.